The lowest BCUT2D eigenvalue weighted by Gasteiger charge is -2.35. The highest BCUT2D eigenvalue weighted by molar-refractivity contribution is 4.78. The van der Waals surface area contributed by atoms with E-state index in [0.717, 1.165) is 0 Å². The fourth-order valence-corrected chi connectivity index (χ4v) is 0.753. The third kappa shape index (κ3) is 3.95. The molecule has 0 rings (SSSR count). The van der Waals surface area contributed by atoms with Crippen LogP contribution in [-0.2, 0) is 0 Å². The van der Waals surface area contributed by atoms with Gasteiger partial charge >= 0.3 is 6.18 Å². The molecule has 74 valence electrons. The van der Waals surface area contributed by atoms with Crippen molar-refractivity contribution in [2.45, 2.75) is 38.9 Å². The molecule has 0 unspecified atom stereocenters. The number of rotatable bonds is 3. The van der Waals surface area contributed by atoms with E-state index in [1.807, 2.05) is 6.92 Å². The third-order valence-corrected chi connectivity index (χ3v) is 2.32. The average molecular weight is 183 g/mol. The minimum Gasteiger partial charge on any atom is -0.293 e. The van der Waals surface area contributed by atoms with Crippen LogP contribution in [0.5, 0.6) is 0 Å². The Balaban J connectivity index is 4.13. The summed E-state index contributed by atoms with van der Waals surface area (Å²) >= 11 is 0. The predicted molar refractivity (Wildman–Crippen MR) is 43.1 cm³/mol. The molecule has 0 aliphatic carbocycles. The van der Waals surface area contributed by atoms with Gasteiger partial charge in [-0.1, -0.05) is 6.92 Å². The van der Waals surface area contributed by atoms with Gasteiger partial charge in [-0.05, 0) is 27.3 Å². The lowest BCUT2D eigenvalue weighted by Crippen LogP contribution is -2.45. The highest BCUT2D eigenvalue weighted by Crippen LogP contribution is 2.22. The van der Waals surface area contributed by atoms with Crippen LogP contribution in [0.25, 0.3) is 0 Å². The molecule has 0 aromatic rings. The van der Waals surface area contributed by atoms with E-state index in [-0.39, 0.29) is 5.54 Å². The SMILES string of the molecule is CCC(C)(C)N(C)CC(F)(F)F. The molecule has 0 spiro atoms. The van der Waals surface area contributed by atoms with Crippen molar-refractivity contribution in [3.63, 3.8) is 0 Å². The maximum absolute atomic E-state index is 11.9. The maximum Gasteiger partial charge on any atom is 0.401 e. The van der Waals surface area contributed by atoms with Gasteiger partial charge in [0.05, 0.1) is 6.54 Å². The minimum absolute atomic E-state index is 0.379. The van der Waals surface area contributed by atoms with Crippen LogP contribution in [0.2, 0.25) is 0 Å². The van der Waals surface area contributed by atoms with Crippen LogP contribution in [0.3, 0.4) is 0 Å². The lowest BCUT2D eigenvalue weighted by molar-refractivity contribution is -0.153. The van der Waals surface area contributed by atoms with E-state index in [2.05, 4.69) is 0 Å². The van der Waals surface area contributed by atoms with Crippen molar-refractivity contribution in [2.75, 3.05) is 13.6 Å². The zero-order valence-electron chi connectivity index (χ0n) is 8.00. The predicted octanol–water partition coefficient (Wildman–Crippen LogP) is 2.67. The van der Waals surface area contributed by atoms with Crippen LogP contribution in [0, 0.1) is 0 Å². The molecule has 0 aliphatic rings. The molecule has 0 atom stereocenters. The van der Waals surface area contributed by atoms with E-state index in [4.69, 9.17) is 0 Å². The van der Waals surface area contributed by atoms with E-state index in [0.29, 0.717) is 6.42 Å². The Morgan fingerprint density at radius 3 is 1.83 bits per heavy atom. The normalized spacial score (nSPS) is 14.0. The van der Waals surface area contributed by atoms with Gasteiger partial charge in [0.15, 0.2) is 0 Å². The summed E-state index contributed by atoms with van der Waals surface area (Å²) in [7, 11) is 1.50. The Kier molecular flexibility index (Phi) is 3.57. The van der Waals surface area contributed by atoms with Gasteiger partial charge in [-0.25, -0.2) is 0 Å². The van der Waals surface area contributed by atoms with E-state index in [1.165, 1.54) is 11.9 Å². The second-order valence-corrected chi connectivity index (χ2v) is 3.64. The monoisotopic (exact) mass is 183 g/mol. The first kappa shape index (κ1) is 11.8. The van der Waals surface area contributed by atoms with E-state index >= 15 is 0 Å². The molecule has 0 aromatic heterocycles. The van der Waals surface area contributed by atoms with E-state index in [9.17, 15) is 13.2 Å². The van der Waals surface area contributed by atoms with Gasteiger partial charge in [-0.2, -0.15) is 13.2 Å². The first-order chi connectivity index (χ1) is 5.19. The van der Waals surface area contributed by atoms with Crippen molar-refractivity contribution in [1.29, 1.82) is 0 Å². The second kappa shape index (κ2) is 3.64. The molecule has 12 heavy (non-hydrogen) atoms. The molecule has 0 aliphatic heterocycles. The molecule has 1 nitrogen and oxygen atoms in total. The van der Waals surface area contributed by atoms with Gasteiger partial charge in [0.25, 0.3) is 0 Å². The molecule has 0 saturated heterocycles. The first-order valence-electron chi connectivity index (χ1n) is 3.97. The summed E-state index contributed by atoms with van der Waals surface area (Å²) in [4.78, 5) is 1.33. The van der Waals surface area contributed by atoms with Crippen molar-refractivity contribution < 1.29 is 13.2 Å². The Bertz CT molecular complexity index is 140. The van der Waals surface area contributed by atoms with Crippen LogP contribution in [0.15, 0.2) is 0 Å². The van der Waals surface area contributed by atoms with E-state index < -0.39 is 12.7 Å². The number of alkyl halides is 3. The van der Waals surface area contributed by atoms with Crippen molar-refractivity contribution in [3.05, 3.63) is 0 Å². The summed E-state index contributed by atoms with van der Waals surface area (Å²) in [5.41, 5.74) is -0.379. The van der Waals surface area contributed by atoms with Gasteiger partial charge in [-0.3, -0.25) is 4.90 Å². The summed E-state index contributed by atoms with van der Waals surface area (Å²) in [5.74, 6) is 0. The average Bonchev–Trinajstić information content (AvgIpc) is 1.84. The van der Waals surface area contributed by atoms with Gasteiger partial charge in [0.2, 0.25) is 0 Å². The van der Waals surface area contributed by atoms with Crippen LogP contribution in [-0.4, -0.2) is 30.2 Å². The molecular weight excluding hydrogens is 167 g/mol. The minimum atomic E-state index is -4.10. The molecule has 0 bridgehead atoms. The lowest BCUT2D eigenvalue weighted by atomic mass is 10.0. The van der Waals surface area contributed by atoms with Crippen molar-refractivity contribution in [1.82, 2.24) is 4.90 Å². The van der Waals surface area contributed by atoms with Gasteiger partial charge < -0.3 is 0 Å². The van der Waals surface area contributed by atoms with Crippen molar-refractivity contribution in [3.8, 4) is 0 Å². The summed E-state index contributed by atoms with van der Waals surface area (Å²) in [6.45, 7) is 4.65. The Labute approximate surface area is 71.6 Å². The van der Waals surface area contributed by atoms with Crippen LogP contribution in [0.1, 0.15) is 27.2 Å². The van der Waals surface area contributed by atoms with Gasteiger partial charge in [-0.15, -0.1) is 0 Å². The number of halogens is 3. The number of hydrogen-bond acceptors (Lipinski definition) is 1. The van der Waals surface area contributed by atoms with Gasteiger partial charge in [0, 0.05) is 5.54 Å². The first-order valence-corrected chi connectivity index (χ1v) is 3.97. The molecule has 0 aromatic carbocycles. The molecule has 0 saturated carbocycles. The molecule has 0 amide bonds. The maximum atomic E-state index is 11.9. The molecule has 0 fully saturated rings. The molecule has 0 radical (unpaired) electrons. The standard InChI is InChI=1S/C8H16F3N/c1-5-7(2,3)12(4)6-8(9,10)11/h5-6H2,1-4H3. The highest BCUT2D eigenvalue weighted by atomic mass is 19.4. The second-order valence-electron chi connectivity index (χ2n) is 3.64. The number of nitrogens with zero attached hydrogens (tertiary/aromatic N) is 1. The van der Waals surface area contributed by atoms with Crippen LogP contribution >= 0.6 is 0 Å². The van der Waals surface area contributed by atoms with E-state index in [1.54, 1.807) is 13.8 Å². The highest BCUT2D eigenvalue weighted by Gasteiger charge is 2.34. The Morgan fingerprint density at radius 2 is 1.58 bits per heavy atom. The third-order valence-electron chi connectivity index (χ3n) is 2.32. The number of hydrogen-bond donors (Lipinski definition) is 0. The summed E-state index contributed by atoms with van der Waals surface area (Å²) in [6.07, 6.45) is -3.39. The molecule has 0 N–H and O–H groups in total. The van der Waals surface area contributed by atoms with Crippen LogP contribution in [0.4, 0.5) is 13.2 Å². The van der Waals surface area contributed by atoms with Crippen molar-refractivity contribution >= 4 is 0 Å². The quantitative estimate of drug-likeness (QED) is 0.650. The summed E-state index contributed by atoms with van der Waals surface area (Å²) in [5, 5.41) is 0. The van der Waals surface area contributed by atoms with Crippen LogP contribution < -0.4 is 0 Å². The topological polar surface area (TPSA) is 3.24 Å². The summed E-state index contributed by atoms with van der Waals surface area (Å²) in [6, 6.07) is 0. The Hall–Kier alpha value is -0.250. The Morgan fingerprint density at radius 1 is 1.17 bits per heavy atom. The van der Waals surface area contributed by atoms with Gasteiger partial charge in [0.1, 0.15) is 0 Å². The zero-order valence-corrected chi connectivity index (χ0v) is 8.00. The fourth-order valence-electron chi connectivity index (χ4n) is 0.753. The molecular formula is C8H16F3N. The smallest absolute Gasteiger partial charge is 0.293 e. The fraction of sp³-hybridized carbons (Fsp3) is 1.00. The zero-order chi connectivity index (χ0) is 9.99. The molecule has 0 heterocycles. The molecule has 4 heteroatoms. The largest absolute Gasteiger partial charge is 0.401 e. The van der Waals surface area contributed by atoms with Crippen molar-refractivity contribution in [2.24, 2.45) is 0 Å². The summed E-state index contributed by atoms with van der Waals surface area (Å²) < 4.78 is 35.8.